The van der Waals surface area contributed by atoms with E-state index in [1.54, 1.807) is 7.05 Å². The summed E-state index contributed by atoms with van der Waals surface area (Å²) in [7, 11) is 1.61. The van der Waals surface area contributed by atoms with Crippen LogP contribution in [0.3, 0.4) is 0 Å². The molecule has 5 nitrogen and oxygen atoms in total. The number of nitrogens with zero attached hydrogens (tertiary/aromatic N) is 1. The predicted octanol–water partition coefficient (Wildman–Crippen LogP) is 2.51. The number of carbonyl (C=O) groups excluding carboxylic acids is 1. The fourth-order valence-corrected chi connectivity index (χ4v) is 2.12. The Morgan fingerprint density at radius 1 is 1.29 bits per heavy atom. The fraction of sp³-hybridized carbons (Fsp3) is 0.500. The van der Waals surface area contributed by atoms with Crippen LogP contribution < -0.4 is 5.32 Å². The zero-order valence-electron chi connectivity index (χ0n) is 12.7. The third kappa shape index (κ3) is 6.79. The Hall–Kier alpha value is -2.04. The van der Waals surface area contributed by atoms with Crippen molar-refractivity contribution in [1.29, 1.82) is 0 Å². The molecule has 1 aromatic carbocycles. The highest BCUT2D eigenvalue weighted by Crippen LogP contribution is 2.08. The number of urea groups is 1. The van der Waals surface area contributed by atoms with Crippen LogP contribution in [0.25, 0.3) is 0 Å². The maximum atomic E-state index is 12.1. The molecule has 0 saturated carbocycles. The van der Waals surface area contributed by atoms with Gasteiger partial charge in [0.2, 0.25) is 0 Å². The minimum Gasteiger partial charge on any atom is -0.481 e. The van der Waals surface area contributed by atoms with Crippen molar-refractivity contribution < 1.29 is 14.7 Å². The van der Waals surface area contributed by atoms with Gasteiger partial charge in [0.1, 0.15) is 0 Å². The highest BCUT2D eigenvalue weighted by atomic mass is 16.4. The number of carboxylic acids is 1. The number of amides is 2. The minimum absolute atomic E-state index is 0.0406. The average molecular weight is 292 g/mol. The first-order valence-corrected chi connectivity index (χ1v) is 7.30. The Morgan fingerprint density at radius 3 is 2.52 bits per heavy atom. The number of rotatable bonds is 8. The summed E-state index contributed by atoms with van der Waals surface area (Å²) >= 11 is 0. The Kier molecular flexibility index (Phi) is 7.29. The zero-order valence-corrected chi connectivity index (χ0v) is 12.7. The van der Waals surface area contributed by atoms with Crippen LogP contribution >= 0.6 is 0 Å². The van der Waals surface area contributed by atoms with Gasteiger partial charge in [-0.1, -0.05) is 43.7 Å². The van der Waals surface area contributed by atoms with Crippen LogP contribution in [0.15, 0.2) is 30.3 Å². The second-order valence-corrected chi connectivity index (χ2v) is 5.19. The second kappa shape index (κ2) is 9.00. The highest BCUT2D eigenvalue weighted by Gasteiger charge is 2.15. The first kappa shape index (κ1) is 17.0. The molecule has 2 N–H and O–H groups in total. The summed E-state index contributed by atoms with van der Waals surface area (Å²) in [6.07, 6.45) is 2.62. The summed E-state index contributed by atoms with van der Waals surface area (Å²) in [5.41, 5.74) is 1.18. The van der Waals surface area contributed by atoms with Gasteiger partial charge < -0.3 is 15.3 Å². The van der Waals surface area contributed by atoms with E-state index < -0.39 is 5.97 Å². The molecule has 2 amide bonds. The van der Waals surface area contributed by atoms with E-state index in [2.05, 4.69) is 12.2 Å². The van der Waals surface area contributed by atoms with Crippen molar-refractivity contribution in [2.24, 2.45) is 0 Å². The average Bonchev–Trinajstić information content (AvgIpc) is 2.45. The summed E-state index contributed by atoms with van der Waals surface area (Å²) in [6.45, 7) is 2.30. The zero-order chi connectivity index (χ0) is 15.7. The largest absolute Gasteiger partial charge is 0.481 e. The van der Waals surface area contributed by atoms with E-state index in [4.69, 9.17) is 5.11 Å². The van der Waals surface area contributed by atoms with Crippen molar-refractivity contribution in [3.63, 3.8) is 0 Å². The number of hydrogen-bond acceptors (Lipinski definition) is 2. The first-order valence-electron chi connectivity index (χ1n) is 7.30. The van der Waals surface area contributed by atoms with E-state index in [1.807, 2.05) is 30.3 Å². The Morgan fingerprint density at radius 2 is 1.95 bits per heavy atom. The molecule has 0 aliphatic carbocycles. The molecule has 1 atom stereocenters. The molecular weight excluding hydrogens is 268 g/mol. The lowest BCUT2D eigenvalue weighted by Gasteiger charge is -2.23. The van der Waals surface area contributed by atoms with Crippen molar-refractivity contribution in [3.05, 3.63) is 35.9 Å². The summed E-state index contributed by atoms with van der Waals surface area (Å²) < 4.78 is 0. The van der Waals surface area contributed by atoms with Gasteiger partial charge in [0.05, 0.1) is 6.42 Å². The molecule has 0 spiro atoms. The quantitative estimate of drug-likeness (QED) is 0.773. The van der Waals surface area contributed by atoms with Gasteiger partial charge in [0, 0.05) is 19.6 Å². The molecule has 0 heterocycles. The number of carboxylic acid groups (broad SMARTS) is 1. The number of benzene rings is 1. The molecule has 0 aliphatic heterocycles. The third-order valence-electron chi connectivity index (χ3n) is 3.30. The molecule has 0 aromatic heterocycles. The van der Waals surface area contributed by atoms with Gasteiger partial charge in [-0.2, -0.15) is 0 Å². The smallest absolute Gasteiger partial charge is 0.317 e. The standard InChI is InChI=1S/C16H24N2O3/c1-3-7-14(12-13-8-5-4-6-9-13)17-16(21)18(2)11-10-15(19)20/h4-6,8-9,14H,3,7,10-12H2,1-2H3,(H,17,21)(H,19,20). The van der Waals surface area contributed by atoms with Crippen molar-refractivity contribution in [3.8, 4) is 0 Å². The van der Waals surface area contributed by atoms with E-state index in [0.29, 0.717) is 0 Å². The van der Waals surface area contributed by atoms with E-state index >= 15 is 0 Å². The molecule has 116 valence electrons. The van der Waals surface area contributed by atoms with Gasteiger partial charge in [0.25, 0.3) is 0 Å². The van der Waals surface area contributed by atoms with Crippen molar-refractivity contribution in [1.82, 2.24) is 10.2 Å². The maximum absolute atomic E-state index is 12.1. The van der Waals surface area contributed by atoms with Crippen LogP contribution in [-0.2, 0) is 11.2 Å². The highest BCUT2D eigenvalue weighted by molar-refractivity contribution is 5.75. The lowest BCUT2D eigenvalue weighted by atomic mass is 10.0. The van der Waals surface area contributed by atoms with Crippen molar-refractivity contribution in [2.75, 3.05) is 13.6 Å². The SMILES string of the molecule is CCCC(Cc1ccccc1)NC(=O)N(C)CCC(=O)O. The van der Waals surface area contributed by atoms with Crippen LogP contribution in [0.5, 0.6) is 0 Å². The topological polar surface area (TPSA) is 69.6 Å². The van der Waals surface area contributed by atoms with Crippen LogP contribution in [0.1, 0.15) is 31.7 Å². The minimum atomic E-state index is -0.899. The third-order valence-corrected chi connectivity index (χ3v) is 3.30. The lowest BCUT2D eigenvalue weighted by molar-refractivity contribution is -0.137. The molecule has 0 saturated heterocycles. The van der Waals surface area contributed by atoms with Gasteiger partial charge >= 0.3 is 12.0 Å². The van der Waals surface area contributed by atoms with Crippen LogP contribution in [0.2, 0.25) is 0 Å². The van der Waals surface area contributed by atoms with E-state index in [0.717, 1.165) is 19.3 Å². The van der Waals surface area contributed by atoms with E-state index in [9.17, 15) is 9.59 Å². The van der Waals surface area contributed by atoms with Gasteiger partial charge in [-0.25, -0.2) is 4.79 Å². The number of aliphatic carboxylic acids is 1. The summed E-state index contributed by atoms with van der Waals surface area (Å²) in [5.74, 6) is -0.899. The Bertz CT molecular complexity index is 448. The molecule has 0 radical (unpaired) electrons. The van der Waals surface area contributed by atoms with Crippen molar-refractivity contribution >= 4 is 12.0 Å². The summed E-state index contributed by atoms with van der Waals surface area (Å²) in [4.78, 5) is 24.0. The van der Waals surface area contributed by atoms with E-state index in [-0.39, 0.29) is 25.0 Å². The Balaban J connectivity index is 2.53. The fourth-order valence-electron chi connectivity index (χ4n) is 2.12. The summed E-state index contributed by atoms with van der Waals surface area (Å²) in [5, 5.41) is 11.6. The van der Waals surface area contributed by atoms with Gasteiger partial charge in [-0.3, -0.25) is 4.79 Å². The molecule has 0 fully saturated rings. The van der Waals surface area contributed by atoms with Crippen LogP contribution in [-0.4, -0.2) is 41.6 Å². The van der Waals surface area contributed by atoms with Crippen LogP contribution in [0, 0.1) is 0 Å². The normalized spacial score (nSPS) is 11.7. The number of nitrogens with one attached hydrogen (secondary N) is 1. The molecule has 1 aromatic rings. The predicted molar refractivity (Wildman–Crippen MR) is 82.3 cm³/mol. The lowest BCUT2D eigenvalue weighted by Crippen LogP contribution is -2.44. The van der Waals surface area contributed by atoms with E-state index in [1.165, 1.54) is 10.5 Å². The monoisotopic (exact) mass is 292 g/mol. The second-order valence-electron chi connectivity index (χ2n) is 5.19. The molecule has 21 heavy (non-hydrogen) atoms. The Labute approximate surface area is 126 Å². The molecule has 0 aliphatic rings. The van der Waals surface area contributed by atoms with Gasteiger partial charge in [-0.15, -0.1) is 0 Å². The van der Waals surface area contributed by atoms with Crippen molar-refractivity contribution in [2.45, 2.75) is 38.6 Å². The van der Waals surface area contributed by atoms with Crippen LogP contribution in [0.4, 0.5) is 4.79 Å². The number of carbonyl (C=O) groups is 2. The van der Waals surface area contributed by atoms with Gasteiger partial charge in [-0.05, 0) is 18.4 Å². The number of hydrogen-bond donors (Lipinski definition) is 2. The molecule has 1 unspecified atom stereocenters. The molecule has 5 heteroatoms. The molecular formula is C16H24N2O3. The van der Waals surface area contributed by atoms with Gasteiger partial charge in [0.15, 0.2) is 0 Å². The maximum Gasteiger partial charge on any atom is 0.317 e. The molecule has 1 rings (SSSR count). The first-order chi connectivity index (χ1) is 10.0. The molecule has 0 bridgehead atoms. The summed E-state index contributed by atoms with van der Waals surface area (Å²) in [6, 6.07) is 9.88.